The molecule has 16 nitrogen and oxygen atoms in total. The highest BCUT2D eigenvalue weighted by Gasteiger charge is 2.61. The van der Waals surface area contributed by atoms with Gasteiger partial charge in [-0.1, -0.05) is 96.8 Å². The molecule has 6 rings (SSSR count). The molecule has 4 aromatic rings. The molecule has 1 saturated heterocycles. The van der Waals surface area contributed by atoms with Crippen LogP contribution in [0.1, 0.15) is 139 Å². The van der Waals surface area contributed by atoms with Gasteiger partial charge in [-0.05, 0) is 134 Å². The fourth-order valence-electron chi connectivity index (χ4n) is 11.2. The number of hydrogen-bond donors (Lipinski definition) is 6. The molecule has 1 aliphatic heterocycles. The summed E-state index contributed by atoms with van der Waals surface area (Å²) in [7, 11) is 0. The Hall–Kier alpha value is -5.90. The SMILES string of the molecule is Cc1ncsc1-c1ccc([C@H](C)NC(=O)[C@@H]2CC(OC(=O)[C@@H](N)CCCCN)CN2C(=O)[C@@H](NC(=O)COCCCCCNc2ccc(C(=O)N[C@H]3C(C)(C)[C@H](Cc4ccc(C#N)c(Cl)c4)C3(C)C)cc2)C(C)(C)C)cc1. The summed E-state index contributed by atoms with van der Waals surface area (Å²) in [6, 6.07) is 19.7. The Morgan fingerprint density at radius 2 is 1.65 bits per heavy atom. The zero-order valence-electron chi connectivity index (χ0n) is 46.3. The summed E-state index contributed by atoms with van der Waals surface area (Å²) in [5.41, 5.74) is 18.4. The van der Waals surface area contributed by atoms with Crippen LogP contribution < -0.4 is 32.7 Å². The number of hydrogen-bond acceptors (Lipinski definition) is 13. The van der Waals surface area contributed by atoms with Crippen LogP contribution in [0.4, 0.5) is 5.69 Å². The second kappa shape index (κ2) is 26.6. The number of nitrogens with zero attached hydrogens (tertiary/aromatic N) is 3. The van der Waals surface area contributed by atoms with Crippen molar-refractivity contribution in [3.05, 3.63) is 105 Å². The Morgan fingerprint density at radius 1 is 0.948 bits per heavy atom. The number of benzene rings is 3. The second-order valence-electron chi connectivity index (χ2n) is 23.0. The molecule has 0 radical (unpaired) electrons. The van der Waals surface area contributed by atoms with E-state index in [2.05, 4.69) is 60.0 Å². The van der Waals surface area contributed by atoms with E-state index >= 15 is 0 Å². The Kier molecular flexibility index (Phi) is 20.9. The number of nitrogens with two attached hydrogens (primary N) is 2. The molecule has 1 aromatic heterocycles. The molecule has 2 aliphatic rings. The number of amides is 4. The van der Waals surface area contributed by atoms with E-state index in [1.807, 2.05) is 101 Å². The number of nitrogens with one attached hydrogen (secondary N) is 4. The number of unbranched alkanes of at least 4 members (excludes halogenated alkanes) is 3. The molecule has 3 aromatic carbocycles. The highest BCUT2D eigenvalue weighted by Crippen LogP contribution is 2.60. The third-order valence-electron chi connectivity index (χ3n) is 15.4. The lowest BCUT2D eigenvalue weighted by atomic mass is 9.43. The molecule has 2 heterocycles. The minimum Gasteiger partial charge on any atom is -0.459 e. The quantitative estimate of drug-likeness (QED) is 0.0270. The van der Waals surface area contributed by atoms with E-state index in [0.717, 1.165) is 52.2 Å². The zero-order chi connectivity index (χ0) is 56.2. The first-order valence-corrected chi connectivity index (χ1v) is 28.2. The maximum atomic E-state index is 14.6. The van der Waals surface area contributed by atoms with Crippen LogP contribution >= 0.6 is 22.9 Å². The maximum absolute atomic E-state index is 14.6. The van der Waals surface area contributed by atoms with Gasteiger partial charge in [-0.2, -0.15) is 5.26 Å². The number of carbonyl (C=O) groups excluding carboxylic acids is 5. The lowest BCUT2D eigenvalue weighted by molar-refractivity contribution is -0.151. The third-order valence-corrected chi connectivity index (χ3v) is 16.7. The number of esters is 1. The van der Waals surface area contributed by atoms with Gasteiger partial charge in [-0.15, -0.1) is 11.3 Å². The lowest BCUT2D eigenvalue weighted by Gasteiger charge is -2.64. The predicted molar refractivity (Wildman–Crippen MR) is 303 cm³/mol. The van der Waals surface area contributed by atoms with E-state index in [4.69, 9.17) is 32.5 Å². The first-order valence-electron chi connectivity index (χ1n) is 26.9. The van der Waals surface area contributed by atoms with Crippen LogP contribution in [0, 0.1) is 40.4 Å². The number of nitriles is 1. The van der Waals surface area contributed by atoms with Crippen LogP contribution in [0.5, 0.6) is 0 Å². The van der Waals surface area contributed by atoms with Gasteiger partial charge in [0.15, 0.2) is 0 Å². The number of rotatable bonds is 25. The average molecular weight is 1090 g/mol. The predicted octanol–water partition coefficient (Wildman–Crippen LogP) is 8.64. The summed E-state index contributed by atoms with van der Waals surface area (Å²) in [5.74, 6) is -1.79. The average Bonchev–Trinajstić information content (AvgIpc) is 4.03. The van der Waals surface area contributed by atoms with E-state index in [1.54, 1.807) is 17.4 Å². The molecule has 8 N–H and O–H groups in total. The molecular weight excluding hydrogens is 1010 g/mol. The molecule has 1 saturated carbocycles. The van der Waals surface area contributed by atoms with Crippen molar-refractivity contribution in [3.63, 3.8) is 0 Å². The maximum Gasteiger partial charge on any atom is 0.323 e. The summed E-state index contributed by atoms with van der Waals surface area (Å²) in [6.45, 7) is 19.3. The summed E-state index contributed by atoms with van der Waals surface area (Å²) < 4.78 is 11.6. The standard InChI is InChI=1S/C59H80ClN9O7S/c1-36(39-18-20-40(21-19-39)50-37(2)65-35-77-50)66-53(72)47-31-44(76-55(74)46(63)15-11-12-26-61)33-69(47)54(73)51(57(3,4)5)67-49(70)34-75-28-14-10-13-27-64-43-24-22-41(23-25-43)52(71)68-56-58(6,7)48(59(56,8)9)30-38-16-17-42(32-62)45(60)29-38/h16-25,29,35-36,44,46-48,51,56,64H,10-15,26-28,30-31,33-34,61,63H2,1-9H3,(H,66,72)(H,67,70)(H,68,71)/t36-,44?,46-,47-,48-,51+,56-/m0/s1. The van der Waals surface area contributed by atoms with Gasteiger partial charge in [-0.3, -0.25) is 24.0 Å². The van der Waals surface area contributed by atoms with Gasteiger partial charge in [0, 0.05) is 36.9 Å². The van der Waals surface area contributed by atoms with E-state index in [9.17, 15) is 29.2 Å². The molecule has 2 fully saturated rings. The van der Waals surface area contributed by atoms with Gasteiger partial charge >= 0.3 is 5.97 Å². The molecule has 0 bridgehead atoms. The van der Waals surface area contributed by atoms with Gasteiger partial charge in [0.2, 0.25) is 17.7 Å². The van der Waals surface area contributed by atoms with Crippen LogP contribution in [0.25, 0.3) is 10.4 Å². The molecule has 77 heavy (non-hydrogen) atoms. The first kappa shape index (κ1) is 60.3. The van der Waals surface area contributed by atoms with Gasteiger partial charge < -0.3 is 47.1 Å². The van der Waals surface area contributed by atoms with E-state index in [-0.39, 0.29) is 48.3 Å². The third kappa shape index (κ3) is 15.4. The summed E-state index contributed by atoms with van der Waals surface area (Å²) in [5, 5.41) is 22.4. The van der Waals surface area contributed by atoms with E-state index in [0.29, 0.717) is 61.5 Å². The lowest BCUT2D eigenvalue weighted by Crippen LogP contribution is -2.70. The highest BCUT2D eigenvalue weighted by molar-refractivity contribution is 7.13. The number of halogens is 1. The molecule has 18 heteroatoms. The van der Waals surface area contributed by atoms with E-state index < -0.39 is 59.4 Å². The summed E-state index contributed by atoms with van der Waals surface area (Å²) in [6.07, 6.45) is 4.22. The largest absolute Gasteiger partial charge is 0.459 e. The van der Waals surface area contributed by atoms with Crippen LogP contribution in [-0.4, -0.2) is 103 Å². The Labute approximate surface area is 464 Å². The van der Waals surface area contributed by atoms with Crippen molar-refractivity contribution in [3.8, 4) is 16.5 Å². The highest BCUT2D eigenvalue weighted by atomic mass is 35.5. The number of carbonyl (C=O) groups is 5. The number of anilines is 1. The number of aryl methyl sites for hydroxylation is 1. The van der Waals surface area contributed by atoms with Crippen molar-refractivity contribution in [2.45, 2.75) is 150 Å². The number of likely N-dealkylation sites (tertiary alicyclic amines) is 1. The zero-order valence-corrected chi connectivity index (χ0v) is 47.9. The fraction of sp³-hybridized carbons (Fsp3) is 0.542. The minimum atomic E-state index is -1.03. The van der Waals surface area contributed by atoms with Crippen molar-refractivity contribution in [1.82, 2.24) is 25.8 Å². The van der Waals surface area contributed by atoms with Crippen molar-refractivity contribution >= 4 is 58.2 Å². The smallest absolute Gasteiger partial charge is 0.323 e. The van der Waals surface area contributed by atoms with Gasteiger partial charge in [0.25, 0.3) is 5.91 Å². The first-order chi connectivity index (χ1) is 36.5. The molecule has 5 atom stereocenters. The van der Waals surface area contributed by atoms with Crippen LogP contribution in [0.3, 0.4) is 0 Å². The normalized spacial score (nSPS) is 19.7. The number of ether oxygens (including phenoxy) is 2. The van der Waals surface area contributed by atoms with Gasteiger partial charge in [0.1, 0.15) is 36.9 Å². The second-order valence-corrected chi connectivity index (χ2v) is 24.3. The van der Waals surface area contributed by atoms with Crippen molar-refractivity contribution in [2.24, 2.45) is 33.6 Å². The Balaban J connectivity index is 0.949. The fourth-order valence-corrected chi connectivity index (χ4v) is 12.2. The molecule has 416 valence electrons. The summed E-state index contributed by atoms with van der Waals surface area (Å²) >= 11 is 7.90. The molecule has 1 unspecified atom stereocenters. The molecular formula is C59H80ClN9O7S. The topological polar surface area (TPSA) is 244 Å². The van der Waals surface area contributed by atoms with Crippen molar-refractivity contribution in [2.75, 3.05) is 38.2 Å². The number of thiazole rings is 1. The summed E-state index contributed by atoms with van der Waals surface area (Å²) in [4.78, 5) is 75.6. The van der Waals surface area contributed by atoms with Crippen LogP contribution in [-0.2, 0) is 35.1 Å². The van der Waals surface area contributed by atoms with E-state index in [1.165, 1.54) is 4.90 Å². The molecule has 4 amide bonds. The van der Waals surface area contributed by atoms with Crippen molar-refractivity contribution in [1.29, 1.82) is 5.26 Å². The van der Waals surface area contributed by atoms with Crippen molar-refractivity contribution < 1.29 is 33.4 Å². The van der Waals surface area contributed by atoms with Crippen LogP contribution in [0.2, 0.25) is 5.02 Å². The van der Waals surface area contributed by atoms with Gasteiger partial charge in [-0.25, -0.2) is 4.98 Å². The molecule has 0 spiro atoms. The molecule has 1 aliphatic carbocycles. The van der Waals surface area contributed by atoms with Gasteiger partial charge in [0.05, 0.1) is 39.3 Å². The Morgan fingerprint density at radius 3 is 2.27 bits per heavy atom. The van der Waals surface area contributed by atoms with Crippen LogP contribution in [0.15, 0.2) is 72.2 Å². The Bertz CT molecular complexity index is 2700. The number of aromatic nitrogens is 1. The monoisotopic (exact) mass is 1090 g/mol. The minimum absolute atomic E-state index is 0.0429.